The average molecular weight is 512 g/mol. The highest BCUT2D eigenvalue weighted by atomic mass is 35.5. The predicted molar refractivity (Wildman–Crippen MR) is 137 cm³/mol. The summed E-state index contributed by atoms with van der Waals surface area (Å²) < 4.78 is 31.1. The Morgan fingerprint density at radius 1 is 1.06 bits per heavy atom. The lowest BCUT2D eigenvalue weighted by Crippen LogP contribution is -2.39. The van der Waals surface area contributed by atoms with Crippen molar-refractivity contribution in [1.29, 1.82) is 0 Å². The van der Waals surface area contributed by atoms with Crippen LogP contribution < -0.4 is 9.64 Å². The van der Waals surface area contributed by atoms with E-state index in [-0.39, 0.29) is 28.8 Å². The molecule has 0 saturated carbocycles. The third-order valence-corrected chi connectivity index (χ3v) is 7.38. The standard InChI is InChI=1S/C23H29N3O4S2.ClH/c1-5-25(6-2)14-15-26(22(27)18-10-8-9-11-21(18)32(4,28)29)23-24-19-13-12-17(30-7-3)16-20(19)31-23;/h8-13,16H,5-7,14-15H2,1-4H3;1H. The lowest BCUT2D eigenvalue weighted by atomic mass is 10.2. The van der Waals surface area contributed by atoms with Crippen molar-refractivity contribution in [2.24, 2.45) is 0 Å². The number of carbonyl (C=O) groups is 1. The molecule has 0 unspecified atom stereocenters. The number of ether oxygens (including phenoxy) is 1. The minimum atomic E-state index is -3.56. The van der Waals surface area contributed by atoms with E-state index >= 15 is 0 Å². The molecule has 0 saturated heterocycles. The number of hydrogen-bond donors (Lipinski definition) is 0. The Morgan fingerprint density at radius 3 is 2.39 bits per heavy atom. The molecule has 0 aliphatic rings. The van der Waals surface area contributed by atoms with Crippen molar-refractivity contribution < 1.29 is 17.9 Å². The number of fused-ring (bicyclic) bond motifs is 1. The highest BCUT2D eigenvalue weighted by molar-refractivity contribution is 7.90. The minimum Gasteiger partial charge on any atom is -0.494 e. The summed E-state index contributed by atoms with van der Waals surface area (Å²) in [5.74, 6) is 0.376. The molecule has 2 aromatic carbocycles. The second-order valence-corrected chi connectivity index (χ2v) is 10.3. The van der Waals surface area contributed by atoms with Crippen molar-refractivity contribution in [3.05, 3.63) is 48.0 Å². The van der Waals surface area contributed by atoms with Gasteiger partial charge in [0, 0.05) is 19.3 Å². The molecular weight excluding hydrogens is 482 g/mol. The number of sulfone groups is 1. The third-order valence-electron chi connectivity index (χ3n) is 5.19. The molecule has 0 aliphatic heterocycles. The molecule has 180 valence electrons. The Balaban J connectivity index is 0.00000385. The van der Waals surface area contributed by atoms with E-state index in [1.807, 2.05) is 25.1 Å². The molecule has 10 heteroatoms. The van der Waals surface area contributed by atoms with Crippen LogP contribution in [0, 0.1) is 0 Å². The number of anilines is 1. The topological polar surface area (TPSA) is 79.8 Å². The van der Waals surface area contributed by atoms with Crippen LogP contribution in [0.1, 0.15) is 31.1 Å². The number of amides is 1. The maximum Gasteiger partial charge on any atom is 0.261 e. The Morgan fingerprint density at radius 2 is 1.76 bits per heavy atom. The van der Waals surface area contributed by atoms with E-state index in [0.29, 0.717) is 24.8 Å². The lowest BCUT2D eigenvalue weighted by Gasteiger charge is -2.25. The number of aromatic nitrogens is 1. The molecule has 0 aliphatic carbocycles. The number of halogens is 1. The number of thiazole rings is 1. The molecule has 0 atom stereocenters. The van der Waals surface area contributed by atoms with Crippen LogP contribution in [0.2, 0.25) is 0 Å². The largest absolute Gasteiger partial charge is 0.494 e. The number of carbonyl (C=O) groups excluding carboxylic acids is 1. The van der Waals surface area contributed by atoms with Crippen LogP contribution in [0.25, 0.3) is 10.2 Å². The first-order chi connectivity index (χ1) is 15.3. The summed E-state index contributed by atoms with van der Waals surface area (Å²) in [5, 5.41) is 0.536. The molecule has 1 heterocycles. The summed E-state index contributed by atoms with van der Waals surface area (Å²) in [6.45, 7) is 9.40. The summed E-state index contributed by atoms with van der Waals surface area (Å²) in [6, 6.07) is 12.0. The highest BCUT2D eigenvalue weighted by Crippen LogP contribution is 2.33. The van der Waals surface area contributed by atoms with Crippen molar-refractivity contribution in [2.75, 3.05) is 43.9 Å². The zero-order chi connectivity index (χ0) is 23.3. The van der Waals surface area contributed by atoms with Gasteiger partial charge in [0.15, 0.2) is 15.0 Å². The predicted octanol–water partition coefficient (Wildman–Crippen LogP) is 4.51. The van der Waals surface area contributed by atoms with Crippen LogP contribution in [0.4, 0.5) is 5.13 Å². The first-order valence-corrected chi connectivity index (χ1v) is 13.4. The molecule has 3 rings (SSSR count). The zero-order valence-corrected chi connectivity index (χ0v) is 21.7. The van der Waals surface area contributed by atoms with Crippen molar-refractivity contribution in [1.82, 2.24) is 9.88 Å². The molecule has 1 amide bonds. The van der Waals surface area contributed by atoms with Gasteiger partial charge in [0.2, 0.25) is 0 Å². The Bertz CT molecular complexity index is 1190. The van der Waals surface area contributed by atoms with E-state index in [1.165, 1.54) is 17.4 Å². The van der Waals surface area contributed by atoms with Crippen molar-refractivity contribution in [2.45, 2.75) is 25.7 Å². The van der Waals surface area contributed by atoms with Crippen LogP contribution in [0.5, 0.6) is 5.75 Å². The van der Waals surface area contributed by atoms with Crippen LogP contribution in [0.3, 0.4) is 0 Å². The van der Waals surface area contributed by atoms with Gasteiger partial charge in [-0.2, -0.15) is 0 Å². The number of nitrogens with zero attached hydrogens (tertiary/aromatic N) is 3. The van der Waals surface area contributed by atoms with Crippen LogP contribution >= 0.6 is 23.7 Å². The second-order valence-electron chi connectivity index (χ2n) is 7.31. The van der Waals surface area contributed by atoms with Gasteiger partial charge in [0.05, 0.1) is 27.3 Å². The molecule has 0 spiro atoms. The fourth-order valence-corrected chi connectivity index (χ4v) is 5.34. The molecule has 1 aromatic heterocycles. The van der Waals surface area contributed by atoms with Crippen molar-refractivity contribution in [3.63, 3.8) is 0 Å². The van der Waals surface area contributed by atoms with E-state index in [1.54, 1.807) is 23.1 Å². The maximum absolute atomic E-state index is 13.6. The minimum absolute atomic E-state index is 0. The molecule has 0 fully saturated rings. The summed E-state index contributed by atoms with van der Waals surface area (Å²) >= 11 is 1.39. The molecule has 0 bridgehead atoms. The first kappa shape index (κ1) is 27.0. The van der Waals surface area contributed by atoms with Crippen LogP contribution in [-0.4, -0.2) is 63.3 Å². The third kappa shape index (κ3) is 6.44. The molecule has 3 aromatic rings. The smallest absolute Gasteiger partial charge is 0.261 e. The summed E-state index contributed by atoms with van der Waals surface area (Å²) in [6.07, 6.45) is 1.12. The molecule has 33 heavy (non-hydrogen) atoms. The van der Waals surface area contributed by atoms with Gasteiger partial charge >= 0.3 is 0 Å². The van der Waals surface area contributed by atoms with E-state index < -0.39 is 9.84 Å². The van der Waals surface area contributed by atoms with Crippen LogP contribution in [-0.2, 0) is 9.84 Å². The van der Waals surface area contributed by atoms with E-state index in [9.17, 15) is 13.2 Å². The van der Waals surface area contributed by atoms with E-state index in [4.69, 9.17) is 4.74 Å². The van der Waals surface area contributed by atoms with Gasteiger partial charge in [0.1, 0.15) is 5.75 Å². The van der Waals surface area contributed by atoms with Gasteiger partial charge in [-0.3, -0.25) is 9.69 Å². The van der Waals surface area contributed by atoms with Crippen LogP contribution in [0.15, 0.2) is 47.4 Å². The van der Waals surface area contributed by atoms with E-state index in [0.717, 1.165) is 35.3 Å². The molecular formula is C23H30ClN3O4S2. The Kier molecular flexibility index (Phi) is 9.66. The second kappa shape index (κ2) is 11.8. The van der Waals surface area contributed by atoms with Gasteiger partial charge in [-0.1, -0.05) is 37.3 Å². The highest BCUT2D eigenvalue weighted by Gasteiger charge is 2.26. The summed E-state index contributed by atoms with van der Waals surface area (Å²) in [7, 11) is -3.56. The first-order valence-electron chi connectivity index (χ1n) is 10.6. The average Bonchev–Trinajstić information content (AvgIpc) is 3.19. The number of hydrogen-bond acceptors (Lipinski definition) is 7. The fraction of sp³-hybridized carbons (Fsp3) is 0.391. The Labute approximate surface area is 205 Å². The fourth-order valence-electron chi connectivity index (χ4n) is 3.44. The molecule has 0 radical (unpaired) electrons. The van der Waals surface area contributed by atoms with Gasteiger partial charge < -0.3 is 9.64 Å². The number of likely N-dealkylation sites (N-methyl/N-ethyl adjacent to an activating group) is 1. The van der Waals surface area contributed by atoms with Gasteiger partial charge in [0.25, 0.3) is 5.91 Å². The Hall–Kier alpha value is -2.20. The number of benzene rings is 2. The van der Waals surface area contributed by atoms with Gasteiger partial charge in [-0.05, 0) is 50.3 Å². The van der Waals surface area contributed by atoms with Gasteiger partial charge in [-0.15, -0.1) is 12.4 Å². The summed E-state index contributed by atoms with van der Waals surface area (Å²) in [4.78, 5) is 22.1. The summed E-state index contributed by atoms with van der Waals surface area (Å²) in [5.41, 5.74) is 0.925. The monoisotopic (exact) mass is 511 g/mol. The lowest BCUT2D eigenvalue weighted by molar-refractivity contribution is 0.0980. The SMILES string of the molecule is CCOc1ccc2nc(N(CCN(CC)CC)C(=O)c3ccccc3S(C)(=O)=O)sc2c1.Cl. The number of rotatable bonds is 10. The zero-order valence-electron chi connectivity index (χ0n) is 19.3. The maximum atomic E-state index is 13.6. The normalized spacial score (nSPS) is 11.4. The molecule has 7 nitrogen and oxygen atoms in total. The quantitative estimate of drug-likeness (QED) is 0.398. The van der Waals surface area contributed by atoms with Gasteiger partial charge in [-0.25, -0.2) is 13.4 Å². The van der Waals surface area contributed by atoms with E-state index in [2.05, 4.69) is 23.7 Å². The molecule has 0 N–H and O–H groups in total. The van der Waals surface area contributed by atoms with Crippen molar-refractivity contribution >= 4 is 54.8 Å². The van der Waals surface area contributed by atoms with Crippen molar-refractivity contribution in [3.8, 4) is 5.75 Å².